The maximum atomic E-state index is 12.4. The molecule has 0 saturated carbocycles. The van der Waals surface area contributed by atoms with Gasteiger partial charge in [0.25, 0.3) is 11.8 Å². The van der Waals surface area contributed by atoms with Crippen molar-refractivity contribution in [3.8, 4) is 5.75 Å². The van der Waals surface area contributed by atoms with E-state index in [0.717, 1.165) is 16.2 Å². The van der Waals surface area contributed by atoms with E-state index in [1.165, 1.54) is 6.92 Å². The van der Waals surface area contributed by atoms with Crippen LogP contribution in [0.25, 0.3) is 0 Å². The van der Waals surface area contributed by atoms with Gasteiger partial charge in [0.1, 0.15) is 11.8 Å². The quantitative estimate of drug-likeness (QED) is 0.589. The number of carbonyl (C=O) groups excluding carboxylic acids is 3. The van der Waals surface area contributed by atoms with E-state index in [2.05, 4.69) is 0 Å². The predicted molar refractivity (Wildman–Crippen MR) is 94.1 cm³/mol. The Morgan fingerprint density at radius 3 is 2.12 bits per heavy atom. The van der Waals surface area contributed by atoms with E-state index >= 15 is 0 Å². The molecule has 26 heavy (non-hydrogen) atoms. The zero-order chi connectivity index (χ0) is 18.7. The Balaban J connectivity index is 1.58. The smallest absolute Gasteiger partial charge is 0.329 e. The number of methoxy groups -OCH3 is 1. The van der Waals surface area contributed by atoms with Gasteiger partial charge in [-0.25, -0.2) is 4.79 Å². The molecule has 0 N–H and O–H groups in total. The van der Waals surface area contributed by atoms with Crippen LogP contribution in [0.2, 0.25) is 0 Å². The average Bonchev–Trinajstić information content (AvgIpc) is 2.92. The molecule has 3 rings (SSSR count). The number of hydrogen-bond donors (Lipinski definition) is 0. The third-order valence-corrected chi connectivity index (χ3v) is 4.35. The molecule has 0 bridgehead atoms. The molecule has 2 amide bonds. The lowest BCUT2D eigenvalue weighted by Gasteiger charge is -2.20. The Bertz CT molecular complexity index is 809. The number of nitrogens with zero attached hydrogens (tertiary/aromatic N) is 1. The second kappa shape index (κ2) is 7.39. The van der Waals surface area contributed by atoms with Crippen molar-refractivity contribution in [1.29, 1.82) is 0 Å². The number of amides is 2. The Labute approximate surface area is 151 Å². The highest BCUT2D eigenvalue weighted by atomic mass is 16.5. The number of benzene rings is 2. The standard InChI is InChI=1S/C20H19NO5/c1-13(21-18(22)16-5-3-4-6-17(16)19(21)23)20(24)26-12-11-14-7-9-15(25-2)10-8-14/h3-10,13H,11-12H2,1-2H3/t13-/m0/s1. The van der Waals surface area contributed by atoms with Crippen molar-refractivity contribution >= 4 is 17.8 Å². The van der Waals surface area contributed by atoms with Crippen molar-refractivity contribution in [2.24, 2.45) is 0 Å². The summed E-state index contributed by atoms with van der Waals surface area (Å²) in [5, 5.41) is 0. The van der Waals surface area contributed by atoms with Gasteiger partial charge in [-0.05, 0) is 36.8 Å². The summed E-state index contributed by atoms with van der Waals surface area (Å²) in [5.41, 5.74) is 1.62. The van der Waals surface area contributed by atoms with Crippen molar-refractivity contribution in [1.82, 2.24) is 4.90 Å². The fourth-order valence-corrected chi connectivity index (χ4v) is 2.85. The van der Waals surface area contributed by atoms with E-state index in [0.29, 0.717) is 17.5 Å². The number of esters is 1. The zero-order valence-electron chi connectivity index (χ0n) is 14.6. The fraction of sp³-hybridized carbons (Fsp3) is 0.250. The summed E-state index contributed by atoms with van der Waals surface area (Å²) in [6.45, 7) is 1.66. The van der Waals surface area contributed by atoms with Gasteiger partial charge in [-0.1, -0.05) is 24.3 Å². The van der Waals surface area contributed by atoms with Gasteiger partial charge in [0, 0.05) is 6.42 Å². The molecule has 0 aromatic heterocycles. The molecule has 2 aromatic carbocycles. The van der Waals surface area contributed by atoms with Crippen LogP contribution in [0.3, 0.4) is 0 Å². The molecule has 134 valence electrons. The van der Waals surface area contributed by atoms with Gasteiger partial charge in [-0.15, -0.1) is 0 Å². The lowest BCUT2D eigenvalue weighted by Crippen LogP contribution is -2.43. The SMILES string of the molecule is COc1ccc(CCOC(=O)[C@H](C)N2C(=O)c3ccccc3C2=O)cc1. The monoisotopic (exact) mass is 353 g/mol. The van der Waals surface area contributed by atoms with Crippen molar-refractivity contribution in [3.05, 3.63) is 65.2 Å². The highest BCUT2D eigenvalue weighted by molar-refractivity contribution is 6.22. The first-order valence-electron chi connectivity index (χ1n) is 8.29. The van der Waals surface area contributed by atoms with Crippen LogP contribution in [0, 0.1) is 0 Å². The molecule has 0 saturated heterocycles. The van der Waals surface area contributed by atoms with E-state index < -0.39 is 23.8 Å². The molecule has 1 heterocycles. The Morgan fingerprint density at radius 2 is 1.58 bits per heavy atom. The predicted octanol–water partition coefficient (Wildman–Crippen LogP) is 2.47. The summed E-state index contributed by atoms with van der Waals surface area (Å²) in [5.74, 6) is -0.784. The van der Waals surface area contributed by atoms with Crippen LogP contribution in [-0.4, -0.2) is 42.4 Å². The molecule has 0 aliphatic carbocycles. The van der Waals surface area contributed by atoms with Gasteiger partial charge in [0.05, 0.1) is 24.8 Å². The van der Waals surface area contributed by atoms with Crippen molar-refractivity contribution in [2.45, 2.75) is 19.4 Å². The number of rotatable bonds is 6. The Hall–Kier alpha value is -3.15. The molecule has 6 nitrogen and oxygen atoms in total. The largest absolute Gasteiger partial charge is 0.497 e. The Morgan fingerprint density at radius 1 is 1.00 bits per heavy atom. The van der Waals surface area contributed by atoms with Gasteiger partial charge in [0.2, 0.25) is 0 Å². The van der Waals surface area contributed by atoms with Crippen LogP contribution in [0.1, 0.15) is 33.2 Å². The average molecular weight is 353 g/mol. The van der Waals surface area contributed by atoms with E-state index in [-0.39, 0.29) is 6.61 Å². The number of hydrogen-bond acceptors (Lipinski definition) is 5. The molecule has 1 aliphatic heterocycles. The third kappa shape index (κ3) is 3.31. The highest BCUT2D eigenvalue weighted by Crippen LogP contribution is 2.24. The molecular formula is C20H19NO5. The van der Waals surface area contributed by atoms with Crippen molar-refractivity contribution in [2.75, 3.05) is 13.7 Å². The van der Waals surface area contributed by atoms with Crippen LogP contribution in [0.4, 0.5) is 0 Å². The van der Waals surface area contributed by atoms with Crippen LogP contribution >= 0.6 is 0 Å². The lowest BCUT2D eigenvalue weighted by atomic mass is 10.1. The summed E-state index contributed by atoms with van der Waals surface area (Å²) < 4.78 is 10.3. The van der Waals surface area contributed by atoms with Crippen molar-refractivity contribution < 1.29 is 23.9 Å². The zero-order valence-corrected chi connectivity index (χ0v) is 14.6. The Kier molecular flexibility index (Phi) is 5.02. The highest BCUT2D eigenvalue weighted by Gasteiger charge is 2.41. The molecule has 0 spiro atoms. The lowest BCUT2D eigenvalue weighted by molar-refractivity contribution is -0.147. The van der Waals surface area contributed by atoms with E-state index in [1.807, 2.05) is 24.3 Å². The van der Waals surface area contributed by atoms with E-state index in [1.54, 1.807) is 31.4 Å². The van der Waals surface area contributed by atoms with Crippen LogP contribution in [0.15, 0.2) is 48.5 Å². The molecule has 1 aliphatic rings. The molecule has 0 radical (unpaired) electrons. The summed E-state index contributed by atoms with van der Waals surface area (Å²) in [4.78, 5) is 38.0. The second-order valence-electron chi connectivity index (χ2n) is 5.97. The van der Waals surface area contributed by atoms with Gasteiger partial charge < -0.3 is 9.47 Å². The first kappa shape index (κ1) is 17.7. The number of imide groups is 1. The minimum Gasteiger partial charge on any atom is -0.497 e. The van der Waals surface area contributed by atoms with Crippen molar-refractivity contribution in [3.63, 3.8) is 0 Å². The molecule has 0 fully saturated rings. The summed E-state index contributed by atoms with van der Waals surface area (Å²) in [6, 6.07) is 13.0. The van der Waals surface area contributed by atoms with E-state index in [4.69, 9.17) is 9.47 Å². The third-order valence-electron chi connectivity index (χ3n) is 4.35. The molecule has 0 unspecified atom stereocenters. The first-order chi connectivity index (χ1) is 12.5. The van der Waals surface area contributed by atoms with Gasteiger partial charge in [-0.3, -0.25) is 14.5 Å². The summed E-state index contributed by atoms with van der Waals surface area (Å²) in [6.07, 6.45) is 0.532. The molecule has 2 aromatic rings. The molecule has 1 atom stereocenters. The minimum atomic E-state index is -0.974. The molecular weight excluding hydrogens is 334 g/mol. The van der Waals surface area contributed by atoms with Crippen LogP contribution < -0.4 is 4.74 Å². The number of ether oxygens (including phenoxy) is 2. The topological polar surface area (TPSA) is 72.9 Å². The number of carbonyl (C=O) groups is 3. The summed E-state index contributed by atoms with van der Waals surface area (Å²) in [7, 11) is 1.59. The normalized spacial score (nSPS) is 14.2. The van der Waals surface area contributed by atoms with Gasteiger partial charge >= 0.3 is 5.97 Å². The van der Waals surface area contributed by atoms with E-state index in [9.17, 15) is 14.4 Å². The van der Waals surface area contributed by atoms with Crippen LogP contribution in [0.5, 0.6) is 5.75 Å². The summed E-state index contributed by atoms with van der Waals surface area (Å²) >= 11 is 0. The maximum Gasteiger partial charge on any atom is 0.329 e. The molecule has 6 heteroatoms. The van der Waals surface area contributed by atoms with Crippen LogP contribution in [-0.2, 0) is 16.0 Å². The first-order valence-corrected chi connectivity index (χ1v) is 8.29. The minimum absolute atomic E-state index is 0.165. The van der Waals surface area contributed by atoms with Gasteiger partial charge in [-0.2, -0.15) is 0 Å². The fourth-order valence-electron chi connectivity index (χ4n) is 2.85. The number of fused-ring (bicyclic) bond motifs is 1. The maximum absolute atomic E-state index is 12.4. The second-order valence-corrected chi connectivity index (χ2v) is 5.97. The van der Waals surface area contributed by atoms with Gasteiger partial charge in [0.15, 0.2) is 0 Å².